The Morgan fingerprint density at radius 3 is 2.80 bits per heavy atom. The van der Waals surface area contributed by atoms with E-state index in [1.165, 1.54) is 0 Å². The van der Waals surface area contributed by atoms with Crippen LogP contribution < -0.4 is 10.1 Å². The maximum Gasteiger partial charge on any atom is 0.146 e. The van der Waals surface area contributed by atoms with Crippen LogP contribution in [0.4, 0.5) is 5.69 Å². The average Bonchev–Trinajstić information content (AvgIpc) is 2.38. The van der Waals surface area contributed by atoms with Crippen molar-refractivity contribution in [3.8, 4) is 5.75 Å². The first-order valence-corrected chi connectivity index (χ1v) is 7.75. The van der Waals surface area contributed by atoms with E-state index in [9.17, 15) is 0 Å². The van der Waals surface area contributed by atoms with E-state index >= 15 is 0 Å². The van der Waals surface area contributed by atoms with E-state index < -0.39 is 0 Å². The number of nitrogens with one attached hydrogen (secondary N) is 1. The molecule has 2 aromatic carbocycles. The maximum atomic E-state index is 6.30. The monoisotopic (exact) mass is 371 g/mol. The second kappa shape index (κ2) is 5.47. The summed E-state index contributed by atoms with van der Waals surface area (Å²) in [5, 5.41) is 4.76. The molecule has 0 fully saturated rings. The summed E-state index contributed by atoms with van der Waals surface area (Å²) in [7, 11) is 0. The smallest absolute Gasteiger partial charge is 0.146 e. The van der Waals surface area contributed by atoms with Crippen LogP contribution in [0, 0.1) is 6.92 Å². The number of benzene rings is 2. The largest absolute Gasteiger partial charge is 0.481 e. The van der Waals surface area contributed by atoms with Crippen LogP contribution in [0.15, 0.2) is 34.8 Å². The normalized spacial score (nSPS) is 17.1. The van der Waals surface area contributed by atoms with Crippen LogP contribution in [0.1, 0.15) is 17.2 Å². The molecule has 1 aliphatic heterocycles. The molecule has 0 radical (unpaired) electrons. The van der Waals surface area contributed by atoms with Gasteiger partial charge in [0.1, 0.15) is 11.9 Å². The van der Waals surface area contributed by atoms with E-state index in [0.29, 0.717) is 16.6 Å². The van der Waals surface area contributed by atoms with Gasteiger partial charge in [0.2, 0.25) is 0 Å². The standard InChI is InChI=1S/C15H12BrCl2NO/c1-8-4-10(17)6-13-15(8)20-14(7-19-13)11-3-2-9(16)5-12(11)18/h2-6,14,19H,7H2,1H3. The third-order valence-electron chi connectivity index (χ3n) is 3.29. The Bertz CT molecular complexity index is 675. The molecule has 0 saturated carbocycles. The lowest BCUT2D eigenvalue weighted by molar-refractivity contribution is 0.209. The Balaban J connectivity index is 1.96. The molecule has 0 saturated heterocycles. The maximum absolute atomic E-state index is 6.30. The Morgan fingerprint density at radius 1 is 1.25 bits per heavy atom. The first-order valence-electron chi connectivity index (χ1n) is 6.20. The molecular formula is C15H12BrCl2NO. The third kappa shape index (κ3) is 2.62. The molecule has 0 bridgehead atoms. The van der Waals surface area contributed by atoms with Crippen molar-refractivity contribution in [1.82, 2.24) is 0 Å². The number of ether oxygens (including phenoxy) is 1. The molecule has 0 aliphatic carbocycles. The van der Waals surface area contributed by atoms with Gasteiger partial charge in [-0.3, -0.25) is 0 Å². The molecule has 20 heavy (non-hydrogen) atoms. The number of hydrogen-bond donors (Lipinski definition) is 1. The van der Waals surface area contributed by atoms with Crippen molar-refractivity contribution in [2.45, 2.75) is 13.0 Å². The number of rotatable bonds is 1. The predicted octanol–water partition coefficient (Wildman–Crippen LogP) is 5.61. The summed E-state index contributed by atoms with van der Waals surface area (Å²) in [6.45, 7) is 2.64. The quantitative estimate of drug-likeness (QED) is 0.702. The Kier molecular flexibility index (Phi) is 3.85. The van der Waals surface area contributed by atoms with Gasteiger partial charge in [0.05, 0.1) is 12.2 Å². The summed E-state index contributed by atoms with van der Waals surface area (Å²) in [4.78, 5) is 0. The van der Waals surface area contributed by atoms with E-state index in [2.05, 4.69) is 21.2 Å². The molecule has 1 heterocycles. The van der Waals surface area contributed by atoms with Crippen LogP contribution in [0.2, 0.25) is 10.0 Å². The van der Waals surface area contributed by atoms with Gasteiger partial charge in [-0.15, -0.1) is 0 Å². The summed E-state index contributed by atoms with van der Waals surface area (Å²) in [5.41, 5.74) is 2.92. The van der Waals surface area contributed by atoms with E-state index in [4.69, 9.17) is 27.9 Å². The van der Waals surface area contributed by atoms with Crippen molar-refractivity contribution in [3.63, 3.8) is 0 Å². The van der Waals surface area contributed by atoms with E-state index in [-0.39, 0.29) is 6.10 Å². The average molecular weight is 373 g/mol. The fourth-order valence-electron chi connectivity index (χ4n) is 2.34. The minimum atomic E-state index is -0.108. The van der Waals surface area contributed by atoms with Crippen molar-refractivity contribution < 1.29 is 4.74 Å². The highest BCUT2D eigenvalue weighted by molar-refractivity contribution is 9.10. The van der Waals surface area contributed by atoms with Crippen molar-refractivity contribution in [1.29, 1.82) is 0 Å². The topological polar surface area (TPSA) is 21.3 Å². The zero-order valence-corrected chi connectivity index (χ0v) is 13.8. The zero-order valence-electron chi connectivity index (χ0n) is 10.7. The molecule has 104 valence electrons. The predicted molar refractivity (Wildman–Crippen MR) is 87.2 cm³/mol. The second-order valence-corrected chi connectivity index (χ2v) is 6.51. The number of aryl methyl sites for hydroxylation is 1. The van der Waals surface area contributed by atoms with Crippen molar-refractivity contribution in [2.75, 3.05) is 11.9 Å². The summed E-state index contributed by atoms with van der Waals surface area (Å²) in [6.07, 6.45) is -0.108. The molecule has 2 nitrogen and oxygen atoms in total. The zero-order chi connectivity index (χ0) is 14.3. The van der Waals surface area contributed by atoms with Crippen molar-refractivity contribution >= 4 is 44.8 Å². The van der Waals surface area contributed by atoms with E-state index in [1.54, 1.807) is 0 Å². The number of anilines is 1. The Hall–Kier alpha value is -0.900. The fourth-order valence-corrected chi connectivity index (χ4v) is 3.41. The van der Waals surface area contributed by atoms with E-state index in [1.807, 2.05) is 37.3 Å². The third-order valence-corrected chi connectivity index (χ3v) is 4.33. The lowest BCUT2D eigenvalue weighted by atomic mass is 10.1. The van der Waals surface area contributed by atoms with Crippen LogP contribution in [0.5, 0.6) is 5.75 Å². The minimum absolute atomic E-state index is 0.108. The minimum Gasteiger partial charge on any atom is -0.481 e. The van der Waals surface area contributed by atoms with Gasteiger partial charge in [0.25, 0.3) is 0 Å². The molecular weight excluding hydrogens is 361 g/mol. The Morgan fingerprint density at radius 2 is 2.05 bits per heavy atom. The van der Waals surface area contributed by atoms with Gasteiger partial charge in [0, 0.05) is 20.1 Å². The van der Waals surface area contributed by atoms with Gasteiger partial charge in [0.15, 0.2) is 0 Å². The molecule has 0 amide bonds. The van der Waals surface area contributed by atoms with Crippen LogP contribution in [-0.4, -0.2) is 6.54 Å². The Labute approximate surface area is 136 Å². The molecule has 0 aromatic heterocycles. The van der Waals surface area contributed by atoms with Gasteiger partial charge in [-0.25, -0.2) is 0 Å². The van der Waals surface area contributed by atoms with Crippen LogP contribution >= 0.6 is 39.1 Å². The van der Waals surface area contributed by atoms with Crippen molar-refractivity contribution in [3.05, 3.63) is 56.0 Å². The number of hydrogen-bond acceptors (Lipinski definition) is 2. The SMILES string of the molecule is Cc1cc(Cl)cc2c1OC(c1ccc(Br)cc1Cl)CN2. The molecule has 0 spiro atoms. The molecule has 2 aromatic rings. The molecule has 5 heteroatoms. The molecule has 1 atom stereocenters. The van der Waals surface area contributed by atoms with Crippen LogP contribution in [0.3, 0.4) is 0 Å². The summed E-state index contributed by atoms with van der Waals surface area (Å²) < 4.78 is 7.06. The molecule has 1 aliphatic rings. The highest BCUT2D eigenvalue weighted by atomic mass is 79.9. The summed E-state index contributed by atoms with van der Waals surface area (Å²) in [5.74, 6) is 0.838. The molecule has 1 unspecified atom stereocenters. The lowest BCUT2D eigenvalue weighted by Gasteiger charge is -2.29. The van der Waals surface area contributed by atoms with Crippen LogP contribution in [0.25, 0.3) is 0 Å². The fraction of sp³-hybridized carbons (Fsp3) is 0.200. The highest BCUT2D eigenvalue weighted by Crippen LogP contribution is 2.40. The summed E-state index contributed by atoms with van der Waals surface area (Å²) in [6, 6.07) is 9.60. The van der Waals surface area contributed by atoms with Gasteiger partial charge in [-0.1, -0.05) is 45.2 Å². The van der Waals surface area contributed by atoms with Gasteiger partial charge < -0.3 is 10.1 Å². The van der Waals surface area contributed by atoms with E-state index in [0.717, 1.165) is 27.0 Å². The van der Waals surface area contributed by atoms with Gasteiger partial charge in [-0.05, 0) is 36.8 Å². The van der Waals surface area contributed by atoms with Gasteiger partial charge >= 0.3 is 0 Å². The number of halogens is 3. The first kappa shape index (κ1) is 14.1. The summed E-state index contributed by atoms with van der Waals surface area (Å²) >= 11 is 15.8. The van der Waals surface area contributed by atoms with Crippen LogP contribution in [-0.2, 0) is 0 Å². The molecule has 3 rings (SSSR count). The second-order valence-electron chi connectivity index (χ2n) is 4.75. The highest BCUT2D eigenvalue weighted by Gasteiger charge is 2.24. The first-order chi connectivity index (χ1) is 9.54. The number of fused-ring (bicyclic) bond motifs is 1. The van der Waals surface area contributed by atoms with Crippen molar-refractivity contribution in [2.24, 2.45) is 0 Å². The van der Waals surface area contributed by atoms with Gasteiger partial charge in [-0.2, -0.15) is 0 Å². The lowest BCUT2D eigenvalue weighted by Crippen LogP contribution is -2.24. The molecule has 1 N–H and O–H groups in total.